The predicted octanol–water partition coefficient (Wildman–Crippen LogP) is 5.12. The maximum absolute atomic E-state index is 2.44. The maximum Gasteiger partial charge on any atom is 0.181 e. The second-order valence-electron chi connectivity index (χ2n) is 7.04. The second-order valence-corrected chi connectivity index (χ2v) is 10.6. The number of benzene rings is 4. The molecule has 0 N–H and O–H groups in total. The van der Waals surface area contributed by atoms with Crippen molar-refractivity contribution in [3.05, 3.63) is 115 Å². The lowest BCUT2D eigenvalue weighted by atomic mass is 10.1. The molecule has 4 rings (SSSR count). The van der Waals surface area contributed by atoms with Gasteiger partial charge in [-0.1, -0.05) is 84.9 Å². The standard InChI is InChI=1S/C26H25NP/c1-27(2)28(23-16-8-4-9-17-23,24-18-10-5-11-19-24)26-21-13-12-20-25(26)22-14-6-3-7-15-22/h3-21H,1-2H3/q+1. The zero-order chi connectivity index (χ0) is 19.4. The van der Waals surface area contributed by atoms with Gasteiger partial charge in [-0.3, -0.25) is 0 Å². The molecule has 0 heterocycles. The molecule has 0 spiro atoms. The Bertz CT molecular complexity index is 988. The lowest BCUT2D eigenvalue weighted by Crippen LogP contribution is -2.40. The van der Waals surface area contributed by atoms with Crippen LogP contribution < -0.4 is 15.9 Å². The van der Waals surface area contributed by atoms with Crippen molar-refractivity contribution in [3.8, 4) is 11.1 Å². The van der Waals surface area contributed by atoms with Gasteiger partial charge < -0.3 is 0 Å². The molecule has 1 nitrogen and oxygen atoms in total. The highest BCUT2D eigenvalue weighted by Crippen LogP contribution is 2.58. The minimum Gasteiger partial charge on any atom is -0.172 e. The summed E-state index contributed by atoms with van der Waals surface area (Å²) in [6, 6.07) is 41.6. The highest BCUT2D eigenvalue weighted by molar-refractivity contribution is 7.94. The Morgan fingerprint density at radius 2 is 0.929 bits per heavy atom. The van der Waals surface area contributed by atoms with Crippen molar-refractivity contribution in [1.29, 1.82) is 0 Å². The number of hydrogen-bond acceptors (Lipinski definition) is 1. The van der Waals surface area contributed by atoms with E-state index in [9.17, 15) is 0 Å². The van der Waals surface area contributed by atoms with Crippen LogP contribution in [0.1, 0.15) is 0 Å². The summed E-state index contributed by atoms with van der Waals surface area (Å²) in [5.74, 6) is 0. The van der Waals surface area contributed by atoms with Gasteiger partial charge >= 0.3 is 0 Å². The molecule has 0 saturated heterocycles. The zero-order valence-electron chi connectivity index (χ0n) is 16.4. The first-order valence-electron chi connectivity index (χ1n) is 9.57. The SMILES string of the molecule is CN(C)[P+](c1ccccc1)(c1ccccc1)c1ccccc1-c1ccccc1. The van der Waals surface area contributed by atoms with E-state index in [-0.39, 0.29) is 0 Å². The van der Waals surface area contributed by atoms with Crippen LogP contribution in [0, 0.1) is 0 Å². The molecule has 0 saturated carbocycles. The summed E-state index contributed by atoms with van der Waals surface area (Å²) in [6.07, 6.45) is 0. The average Bonchev–Trinajstić information content (AvgIpc) is 2.77. The average molecular weight is 382 g/mol. The van der Waals surface area contributed by atoms with Crippen molar-refractivity contribution >= 4 is 23.3 Å². The number of hydrogen-bond donors (Lipinski definition) is 0. The van der Waals surface area contributed by atoms with Crippen LogP contribution in [-0.4, -0.2) is 18.8 Å². The van der Waals surface area contributed by atoms with Crippen molar-refractivity contribution in [2.24, 2.45) is 0 Å². The Morgan fingerprint density at radius 1 is 0.500 bits per heavy atom. The molecule has 0 aliphatic rings. The summed E-state index contributed by atoms with van der Waals surface area (Å²) in [6.45, 7) is 0. The molecular formula is C26H25NP+. The van der Waals surface area contributed by atoms with E-state index < -0.39 is 7.41 Å². The third-order valence-electron chi connectivity index (χ3n) is 5.20. The van der Waals surface area contributed by atoms with E-state index in [1.54, 1.807) is 0 Å². The van der Waals surface area contributed by atoms with Crippen molar-refractivity contribution in [2.45, 2.75) is 0 Å². The van der Waals surface area contributed by atoms with E-state index in [2.05, 4.69) is 134 Å². The van der Waals surface area contributed by atoms with Crippen LogP contribution in [0.5, 0.6) is 0 Å². The van der Waals surface area contributed by atoms with Gasteiger partial charge in [0, 0.05) is 19.7 Å². The van der Waals surface area contributed by atoms with Gasteiger partial charge in [0.15, 0.2) is 7.41 Å². The first-order valence-corrected chi connectivity index (χ1v) is 11.3. The van der Waals surface area contributed by atoms with E-state index in [1.165, 1.54) is 27.0 Å². The van der Waals surface area contributed by atoms with E-state index in [0.29, 0.717) is 0 Å². The van der Waals surface area contributed by atoms with E-state index in [1.807, 2.05) is 0 Å². The molecule has 138 valence electrons. The summed E-state index contributed by atoms with van der Waals surface area (Å²) >= 11 is 0. The van der Waals surface area contributed by atoms with Gasteiger partial charge in [-0.25, -0.2) is 0 Å². The summed E-state index contributed by atoms with van der Waals surface area (Å²) in [5, 5.41) is 4.13. The molecule has 4 aromatic rings. The molecule has 0 aromatic heterocycles. The van der Waals surface area contributed by atoms with Gasteiger partial charge in [0.25, 0.3) is 0 Å². The van der Waals surface area contributed by atoms with Crippen molar-refractivity contribution in [2.75, 3.05) is 14.1 Å². The lowest BCUT2D eigenvalue weighted by Gasteiger charge is -2.33. The van der Waals surface area contributed by atoms with Crippen LogP contribution in [-0.2, 0) is 0 Å². The topological polar surface area (TPSA) is 3.24 Å². The summed E-state index contributed by atoms with van der Waals surface area (Å²) in [4.78, 5) is 0. The third kappa shape index (κ3) is 3.18. The summed E-state index contributed by atoms with van der Waals surface area (Å²) in [5.41, 5.74) is 2.56. The fourth-order valence-corrected chi connectivity index (χ4v) is 8.28. The minimum atomic E-state index is -1.99. The summed E-state index contributed by atoms with van der Waals surface area (Å²) < 4.78 is 2.44. The van der Waals surface area contributed by atoms with Gasteiger partial charge in [0.2, 0.25) is 0 Å². The van der Waals surface area contributed by atoms with Crippen molar-refractivity contribution < 1.29 is 0 Å². The minimum absolute atomic E-state index is 1.26. The first kappa shape index (κ1) is 18.6. The van der Waals surface area contributed by atoms with Crippen LogP contribution in [0.3, 0.4) is 0 Å². The molecule has 0 unspecified atom stereocenters. The fraction of sp³-hybridized carbons (Fsp3) is 0.0769. The van der Waals surface area contributed by atoms with Crippen LogP contribution in [0.25, 0.3) is 11.1 Å². The molecular weight excluding hydrogens is 357 g/mol. The van der Waals surface area contributed by atoms with Crippen LogP contribution in [0.4, 0.5) is 0 Å². The molecule has 4 aromatic carbocycles. The second kappa shape index (κ2) is 8.10. The molecule has 0 bridgehead atoms. The van der Waals surface area contributed by atoms with Crippen molar-refractivity contribution in [1.82, 2.24) is 4.67 Å². The Labute approximate surface area is 168 Å². The van der Waals surface area contributed by atoms with E-state index >= 15 is 0 Å². The fourth-order valence-electron chi connectivity index (χ4n) is 4.01. The highest BCUT2D eigenvalue weighted by atomic mass is 31.2. The first-order chi connectivity index (χ1) is 13.7. The molecule has 0 atom stereocenters. The zero-order valence-corrected chi connectivity index (χ0v) is 17.3. The lowest BCUT2D eigenvalue weighted by molar-refractivity contribution is 0.681. The maximum atomic E-state index is 2.44. The predicted molar refractivity (Wildman–Crippen MR) is 124 cm³/mol. The Kier molecular flexibility index (Phi) is 5.39. The monoisotopic (exact) mass is 382 g/mol. The van der Waals surface area contributed by atoms with E-state index in [4.69, 9.17) is 0 Å². The summed E-state index contributed by atoms with van der Waals surface area (Å²) in [7, 11) is 2.44. The Morgan fingerprint density at radius 3 is 1.43 bits per heavy atom. The molecule has 28 heavy (non-hydrogen) atoms. The highest BCUT2D eigenvalue weighted by Gasteiger charge is 2.49. The van der Waals surface area contributed by atoms with Gasteiger partial charge in [0.05, 0.1) is 0 Å². The largest absolute Gasteiger partial charge is 0.181 e. The Hall–Kier alpha value is -2.73. The van der Waals surface area contributed by atoms with Gasteiger partial charge in [-0.05, 0) is 35.9 Å². The van der Waals surface area contributed by atoms with Gasteiger partial charge in [-0.15, -0.1) is 0 Å². The van der Waals surface area contributed by atoms with E-state index in [0.717, 1.165) is 0 Å². The smallest absolute Gasteiger partial charge is 0.172 e. The van der Waals surface area contributed by atoms with Gasteiger partial charge in [-0.2, -0.15) is 4.67 Å². The van der Waals surface area contributed by atoms with Gasteiger partial charge in [0.1, 0.15) is 15.9 Å². The normalized spacial score (nSPS) is 11.5. The number of nitrogens with zero attached hydrogens (tertiary/aromatic N) is 1. The quantitative estimate of drug-likeness (QED) is 0.433. The van der Waals surface area contributed by atoms with Crippen LogP contribution in [0.15, 0.2) is 115 Å². The Balaban J connectivity index is 2.09. The third-order valence-corrected chi connectivity index (χ3v) is 9.58. The molecule has 0 aliphatic heterocycles. The molecule has 0 amide bonds. The molecule has 0 radical (unpaired) electrons. The van der Waals surface area contributed by atoms with Crippen molar-refractivity contribution in [3.63, 3.8) is 0 Å². The number of rotatable bonds is 5. The molecule has 2 heteroatoms. The van der Waals surface area contributed by atoms with Crippen LogP contribution in [0.2, 0.25) is 0 Å². The molecule has 0 aliphatic carbocycles. The van der Waals surface area contributed by atoms with Crippen LogP contribution >= 0.6 is 7.41 Å². The molecule has 0 fully saturated rings.